The molecule has 0 atom stereocenters. The third kappa shape index (κ3) is 11.5. The van der Waals surface area contributed by atoms with Crippen molar-refractivity contribution in [2.24, 2.45) is 5.92 Å². The van der Waals surface area contributed by atoms with Crippen molar-refractivity contribution in [3.63, 3.8) is 0 Å². The Balaban J connectivity index is 1.32. The summed E-state index contributed by atoms with van der Waals surface area (Å²) in [6.07, 6.45) is -0.268. The monoisotopic (exact) mass is 578 g/mol. The first-order valence-corrected chi connectivity index (χ1v) is 13.2. The van der Waals surface area contributed by atoms with Gasteiger partial charge in [-0.1, -0.05) is 12.1 Å². The molecule has 2 aromatic carbocycles. The third-order valence-electron chi connectivity index (χ3n) is 6.25. The van der Waals surface area contributed by atoms with Gasteiger partial charge < -0.3 is 30.4 Å². The van der Waals surface area contributed by atoms with Gasteiger partial charge in [0.2, 0.25) is 0 Å². The number of nitrogens with two attached hydrogens (primary N) is 2. The van der Waals surface area contributed by atoms with Gasteiger partial charge >= 0.3 is 24.1 Å². The predicted octanol–water partition coefficient (Wildman–Crippen LogP) is 5.09. The molecule has 3 rings (SSSR count). The number of rotatable bonds is 12. The van der Waals surface area contributed by atoms with Crippen LogP contribution in [-0.2, 0) is 23.8 Å². The molecule has 0 bridgehead atoms. The van der Waals surface area contributed by atoms with Crippen LogP contribution in [0.5, 0.6) is 5.75 Å². The van der Waals surface area contributed by atoms with Gasteiger partial charge in [0.1, 0.15) is 19.0 Å². The van der Waals surface area contributed by atoms with Gasteiger partial charge in [-0.25, -0.2) is 9.59 Å². The van der Waals surface area contributed by atoms with E-state index in [2.05, 4.69) is 0 Å². The first-order chi connectivity index (χ1) is 19.5. The molecule has 1 aliphatic carbocycles. The van der Waals surface area contributed by atoms with Crippen LogP contribution >= 0.6 is 0 Å². The molecule has 0 spiro atoms. The van der Waals surface area contributed by atoms with Crippen molar-refractivity contribution in [2.45, 2.75) is 50.8 Å². The maximum Gasteiger partial charge on any atom is 0.389 e. The number of carbonyl (C=O) groups is 3. The van der Waals surface area contributed by atoms with Gasteiger partial charge in [0.05, 0.1) is 17.6 Å². The molecule has 0 radical (unpaired) electrons. The zero-order valence-corrected chi connectivity index (χ0v) is 22.4. The Morgan fingerprint density at radius 2 is 1.51 bits per heavy atom. The summed E-state index contributed by atoms with van der Waals surface area (Å²) >= 11 is 0. The first kappa shape index (κ1) is 31.5. The van der Waals surface area contributed by atoms with Crippen LogP contribution in [0.3, 0.4) is 0 Å². The van der Waals surface area contributed by atoms with E-state index in [1.54, 1.807) is 24.3 Å². The van der Waals surface area contributed by atoms with Crippen molar-refractivity contribution in [3.8, 4) is 5.75 Å². The Morgan fingerprint density at radius 3 is 2.15 bits per heavy atom. The highest BCUT2D eigenvalue weighted by Gasteiger charge is 2.29. The highest BCUT2D eigenvalue weighted by atomic mass is 19.4. The van der Waals surface area contributed by atoms with Gasteiger partial charge in [0.25, 0.3) is 0 Å². The van der Waals surface area contributed by atoms with Gasteiger partial charge in [-0.2, -0.15) is 13.2 Å². The standard InChI is InChI=1S/C29H33F3N2O7/c30-29(31,32)12-1-13-38-24-9-5-20(6-10-24)28(37)41-25-7-2-19(3-8-25)4-11-26(35)39-14-15-40-27(36)21-16-22(33)18-23(34)17-21/h2-4,7-8,11,16-18,20,24H,1,5-6,9-10,12-15,33-34H2. The third-order valence-corrected chi connectivity index (χ3v) is 6.25. The average Bonchev–Trinajstić information content (AvgIpc) is 2.92. The van der Waals surface area contributed by atoms with Crippen molar-refractivity contribution < 1.29 is 46.5 Å². The quantitative estimate of drug-likeness (QED) is 0.116. The Kier molecular flexibility index (Phi) is 11.6. The molecule has 0 saturated heterocycles. The van der Waals surface area contributed by atoms with Crippen molar-refractivity contribution in [1.29, 1.82) is 0 Å². The minimum Gasteiger partial charge on any atom is -0.459 e. The Bertz CT molecular complexity index is 1190. The Morgan fingerprint density at radius 1 is 0.878 bits per heavy atom. The molecular formula is C29H33F3N2O7. The highest BCUT2D eigenvalue weighted by molar-refractivity contribution is 5.91. The van der Waals surface area contributed by atoms with Crippen molar-refractivity contribution in [1.82, 2.24) is 0 Å². The lowest BCUT2D eigenvalue weighted by atomic mass is 9.87. The molecule has 0 heterocycles. The van der Waals surface area contributed by atoms with Crippen LogP contribution in [-0.4, -0.2) is 50.0 Å². The minimum atomic E-state index is -4.18. The molecule has 0 amide bonds. The van der Waals surface area contributed by atoms with E-state index in [9.17, 15) is 27.6 Å². The number of anilines is 2. The number of benzene rings is 2. The molecule has 222 valence electrons. The van der Waals surface area contributed by atoms with Crippen LogP contribution in [0, 0.1) is 5.92 Å². The van der Waals surface area contributed by atoms with Gasteiger partial charge in [0, 0.05) is 30.5 Å². The fourth-order valence-electron chi connectivity index (χ4n) is 4.20. The summed E-state index contributed by atoms with van der Waals surface area (Å²) in [5, 5.41) is 0. The van der Waals surface area contributed by atoms with E-state index < -0.39 is 24.5 Å². The molecule has 4 N–H and O–H groups in total. The zero-order valence-electron chi connectivity index (χ0n) is 22.4. The molecule has 0 unspecified atom stereocenters. The molecule has 1 aliphatic rings. The fraction of sp³-hybridized carbons (Fsp3) is 0.414. The van der Waals surface area contributed by atoms with Crippen LogP contribution in [0.25, 0.3) is 6.08 Å². The summed E-state index contributed by atoms with van der Waals surface area (Å²) in [5.74, 6) is -1.60. The van der Waals surface area contributed by atoms with Crippen molar-refractivity contribution in [2.75, 3.05) is 31.3 Å². The average molecular weight is 579 g/mol. The van der Waals surface area contributed by atoms with E-state index in [0.29, 0.717) is 48.4 Å². The molecular weight excluding hydrogens is 545 g/mol. The van der Waals surface area contributed by atoms with Gasteiger partial charge in [-0.15, -0.1) is 0 Å². The number of nitrogen functional groups attached to an aromatic ring is 2. The number of halogens is 3. The molecule has 41 heavy (non-hydrogen) atoms. The normalized spacial score (nSPS) is 17.2. The number of esters is 3. The summed E-state index contributed by atoms with van der Waals surface area (Å²) in [4.78, 5) is 36.5. The maximum absolute atomic E-state index is 12.5. The van der Waals surface area contributed by atoms with Crippen LogP contribution in [0.2, 0.25) is 0 Å². The largest absolute Gasteiger partial charge is 0.459 e. The van der Waals surface area contributed by atoms with E-state index in [0.717, 1.165) is 0 Å². The Hall–Kier alpha value is -4.06. The molecule has 9 nitrogen and oxygen atoms in total. The SMILES string of the molecule is Nc1cc(N)cc(C(=O)OCCOC(=O)C=Cc2ccc(OC(=O)C3CCC(OCCCC(F)(F)F)CC3)cc2)c1. The number of ether oxygens (including phenoxy) is 4. The fourth-order valence-corrected chi connectivity index (χ4v) is 4.20. The molecule has 12 heteroatoms. The minimum absolute atomic E-state index is 0.0501. The van der Waals surface area contributed by atoms with E-state index in [-0.39, 0.29) is 49.8 Å². The summed E-state index contributed by atoms with van der Waals surface area (Å²) in [7, 11) is 0. The Labute approximate surface area is 235 Å². The summed E-state index contributed by atoms with van der Waals surface area (Å²) in [6, 6.07) is 10.9. The van der Waals surface area contributed by atoms with E-state index >= 15 is 0 Å². The molecule has 0 aromatic heterocycles. The number of hydrogen-bond donors (Lipinski definition) is 2. The topological polar surface area (TPSA) is 140 Å². The molecule has 2 aromatic rings. The van der Waals surface area contributed by atoms with Gasteiger partial charge in [-0.05, 0) is 74.1 Å². The van der Waals surface area contributed by atoms with E-state index in [4.69, 9.17) is 30.4 Å². The number of carbonyl (C=O) groups excluding carboxylic acids is 3. The number of alkyl halides is 3. The zero-order chi connectivity index (χ0) is 29.8. The smallest absolute Gasteiger partial charge is 0.389 e. The molecule has 1 fully saturated rings. The second-order valence-corrected chi connectivity index (χ2v) is 9.58. The van der Waals surface area contributed by atoms with Crippen molar-refractivity contribution >= 4 is 35.4 Å². The van der Waals surface area contributed by atoms with Crippen LogP contribution in [0.1, 0.15) is 54.4 Å². The van der Waals surface area contributed by atoms with E-state index in [1.165, 1.54) is 30.4 Å². The molecule has 0 aliphatic heterocycles. The van der Waals surface area contributed by atoms with Crippen LogP contribution < -0.4 is 16.2 Å². The lowest BCUT2D eigenvalue weighted by Crippen LogP contribution is -2.29. The number of hydrogen-bond acceptors (Lipinski definition) is 9. The van der Waals surface area contributed by atoms with Crippen molar-refractivity contribution in [3.05, 3.63) is 59.7 Å². The second-order valence-electron chi connectivity index (χ2n) is 9.58. The molecule has 1 saturated carbocycles. The van der Waals surface area contributed by atoms with Crippen LogP contribution in [0.4, 0.5) is 24.5 Å². The summed E-state index contributed by atoms with van der Waals surface area (Å²) in [6.45, 7) is -0.244. The summed E-state index contributed by atoms with van der Waals surface area (Å²) in [5.41, 5.74) is 12.8. The highest BCUT2D eigenvalue weighted by Crippen LogP contribution is 2.29. The van der Waals surface area contributed by atoms with Crippen LogP contribution in [0.15, 0.2) is 48.5 Å². The van der Waals surface area contributed by atoms with E-state index in [1.807, 2.05) is 0 Å². The lowest BCUT2D eigenvalue weighted by molar-refractivity contribution is -0.143. The second kappa shape index (κ2) is 15.1. The first-order valence-electron chi connectivity index (χ1n) is 13.2. The predicted molar refractivity (Wildman–Crippen MR) is 145 cm³/mol. The lowest BCUT2D eigenvalue weighted by Gasteiger charge is -2.27. The van der Waals surface area contributed by atoms with Gasteiger partial charge in [-0.3, -0.25) is 4.79 Å². The van der Waals surface area contributed by atoms with Gasteiger partial charge in [0.15, 0.2) is 0 Å². The summed E-state index contributed by atoms with van der Waals surface area (Å²) < 4.78 is 57.7. The maximum atomic E-state index is 12.5.